The van der Waals surface area contributed by atoms with Gasteiger partial charge in [-0.15, -0.1) is 0 Å². The molecule has 1 amide bonds. The molecule has 2 rings (SSSR count). The van der Waals surface area contributed by atoms with Crippen molar-refractivity contribution in [1.29, 1.82) is 0 Å². The van der Waals surface area contributed by atoms with E-state index in [0.29, 0.717) is 22.9 Å². The fraction of sp³-hybridized carbons (Fsp3) is 0.333. The predicted octanol–water partition coefficient (Wildman–Crippen LogP) is 5.26. The molecule has 1 N–H and O–H groups in total. The van der Waals surface area contributed by atoms with Crippen LogP contribution in [-0.4, -0.2) is 18.5 Å². The van der Waals surface area contributed by atoms with Gasteiger partial charge >= 0.3 is 5.97 Å². The number of benzene rings is 2. The molecule has 0 aromatic heterocycles. The lowest BCUT2D eigenvalue weighted by molar-refractivity contribution is -0.115. The van der Waals surface area contributed by atoms with Gasteiger partial charge in [0.25, 0.3) is 0 Å². The van der Waals surface area contributed by atoms with Crippen LogP contribution in [0.25, 0.3) is 0 Å². The summed E-state index contributed by atoms with van der Waals surface area (Å²) in [5.41, 5.74) is 2.01. The van der Waals surface area contributed by atoms with Crippen LogP contribution in [0.4, 0.5) is 5.69 Å². The molecule has 0 aliphatic carbocycles. The van der Waals surface area contributed by atoms with E-state index in [0.717, 1.165) is 31.2 Å². The number of ether oxygens (including phenoxy) is 1. The zero-order valence-corrected chi connectivity index (χ0v) is 15.7. The molecule has 0 heterocycles. The van der Waals surface area contributed by atoms with E-state index >= 15 is 0 Å². The van der Waals surface area contributed by atoms with Crippen LogP contribution in [0.15, 0.2) is 48.5 Å². The first-order chi connectivity index (χ1) is 12.6. The summed E-state index contributed by atoms with van der Waals surface area (Å²) in [4.78, 5) is 24.0. The number of halogens is 1. The van der Waals surface area contributed by atoms with Crippen LogP contribution in [-0.2, 0) is 16.0 Å². The lowest BCUT2D eigenvalue weighted by Crippen LogP contribution is -2.14. The molecule has 0 atom stereocenters. The molecular weight excluding hydrogens is 350 g/mol. The van der Waals surface area contributed by atoms with Crippen molar-refractivity contribution in [2.24, 2.45) is 0 Å². The van der Waals surface area contributed by atoms with Crippen LogP contribution in [0.2, 0.25) is 5.02 Å². The lowest BCUT2D eigenvalue weighted by Gasteiger charge is -2.07. The monoisotopic (exact) mass is 373 g/mol. The van der Waals surface area contributed by atoms with Crippen molar-refractivity contribution >= 4 is 29.2 Å². The second kappa shape index (κ2) is 10.6. The number of amides is 1. The highest BCUT2D eigenvalue weighted by Crippen LogP contribution is 2.13. The van der Waals surface area contributed by atoms with Crippen LogP contribution in [0.3, 0.4) is 0 Å². The van der Waals surface area contributed by atoms with Crippen LogP contribution in [0, 0.1) is 0 Å². The Labute approximate surface area is 159 Å². The molecule has 0 fully saturated rings. The number of rotatable bonds is 9. The molecule has 0 aliphatic heterocycles. The Morgan fingerprint density at radius 1 is 0.962 bits per heavy atom. The van der Waals surface area contributed by atoms with Gasteiger partial charge in [0.05, 0.1) is 18.6 Å². The summed E-state index contributed by atoms with van der Waals surface area (Å²) in [6.07, 6.45) is 4.53. The topological polar surface area (TPSA) is 55.4 Å². The molecule has 5 heteroatoms. The van der Waals surface area contributed by atoms with Crippen molar-refractivity contribution in [3.8, 4) is 0 Å². The summed E-state index contributed by atoms with van der Waals surface area (Å²) < 4.78 is 5.25. The number of carbonyl (C=O) groups excluding carboxylic acids is 2. The Hall–Kier alpha value is -2.33. The minimum Gasteiger partial charge on any atom is -0.462 e. The maximum Gasteiger partial charge on any atom is 0.338 e. The van der Waals surface area contributed by atoms with Crippen molar-refractivity contribution in [1.82, 2.24) is 0 Å². The van der Waals surface area contributed by atoms with Gasteiger partial charge in [-0.25, -0.2) is 4.79 Å². The largest absolute Gasteiger partial charge is 0.462 e. The van der Waals surface area contributed by atoms with Crippen LogP contribution >= 0.6 is 11.6 Å². The van der Waals surface area contributed by atoms with Gasteiger partial charge in [-0.1, -0.05) is 49.9 Å². The average Bonchev–Trinajstić information content (AvgIpc) is 2.64. The minimum atomic E-state index is -0.333. The molecule has 0 saturated carbocycles. The van der Waals surface area contributed by atoms with Gasteiger partial charge < -0.3 is 10.1 Å². The van der Waals surface area contributed by atoms with Gasteiger partial charge in [-0.3, -0.25) is 4.79 Å². The Morgan fingerprint density at radius 2 is 1.65 bits per heavy atom. The molecule has 4 nitrogen and oxygen atoms in total. The van der Waals surface area contributed by atoms with Gasteiger partial charge in [0.1, 0.15) is 0 Å². The number of hydrogen-bond acceptors (Lipinski definition) is 3. The van der Waals surface area contributed by atoms with Crippen molar-refractivity contribution in [3.05, 3.63) is 64.7 Å². The Morgan fingerprint density at radius 3 is 2.31 bits per heavy atom. The molecule has 0 aliphatic rings. The first kappa shape index (κ1) is 20.0. The van der Waals surface area contributed by atoms with E-state index in [4.69, 9.17) is 16.3 Å². The molecule has 0 spiro atoms. The maximum absolute atomic E-state index is 12.1. The Bertz CT molecular complexity index is 711. The summed E-state index contributed by atoms with van der Waals surface area (Å²) in [6, 6.07) is 13.9. The van der Waals surface area contributed by atoms with Crippen LogP contribution < -0.4 is 5.32 Å². The second-order valence-corrected chi connectivity index (χ2v) is 6.56. The highest BCUT2D eigenvalue weighted by atomic mass is 35.5. The molecule has 0 bridgehead atoms. The fourth-order valence-corrected chi connectivity index (χ4v) is 2.59. The first-order valence-corrected chi connectivity index (χ1v) is 9.27. The van der Waals surface area contributed by atoms with E-state index in [1.54, 1.807) is 36.4 Å². The van der Waals surface area contributed by atoms with Crippen molar-refractivity contribution in [2.45, 2.75) is 39.0 Å². The molecular formula is C21H24ClNO3. The Balaban J connectivity index is 1.79. The minimum absolute atomic E-state index is 0.126. The SMILES string of the molecule is CCCCCCOC(=O)c1ccc(NC(=O)Cc2ccc(Cl)cc2)cc1. The average molecular weight is 374 g/mol. The van der Waals surface area contributed by atoms with E-state index in [9.17, 15) is 9.59 Å². The number of hydrogen-bond donors (Lipinski definition) is 1. The third-order valence-corrected chi connectivity index (χ3v) is 4.17. The summed E-state index contributed by atoms with van der Waals surface area (Å²) >= 11 is 5.83. The molecule has 0 saturated heterocycles. The van der Waals surface area contributed by atoms with Crippen molar-refractivity contribution in [3.63, 3.8) is 0 Å². The van der Waals surface area contributed by atoms with Crippen molar-refractivity contribution in [2.75, 3.05) is 11.9 Å². The smallest absolute Gasteiger partial charge is 0.338 e. The number of carbonyl (C=O) groups is 2. The summed E-state index contributed by atoms with van der Waals surface area (Å²) in [5, 5.41) is 3.45. The third-order valence-electron chi connectivity index (χ3n) is 3.91. The van der Waals surface area contributed by atoms with E-state index in [1.807, 2.05) is 12.1 Å². The van der Waals surface area contributed by atoms with Crippen LogP contribution in [0.1, 0.15) is 48.5 Å². The van der Waals surface area contributed by atoms with Gasteiger partial charge in [0.2, 0.25) is 5.91 Å². The third kappa shape index (κ3) is 6.89. The predicted molar refractivity (Wildman–Crippen MR) is 105 cm³/mol. The van der Waals surface area contributed by atoms with Gasteiger partial charge in [0.15, 0.2) is 0 Å². The van der Waals surface area contributed by atoms with Crippen molar-refractivity contribution < 1.29 is 14.3 Å². The van der Waals surface area contributed by atoms with Gasteiger partial charge in [0, 0.05) is 10.7 Å². The summed E-state index contributed by atoms with van der Waals surface area (Å²) in [6.45, 7) is 2.58. The van der Waals surface area contributed by atoms with E-state index in [2.05, 4.69) is 12.2 Å². The van der Waals surface area contributed by atoms with Gasteiger partial charge in [-0.05, 0) is 48.4 Å². The van der Waals surface area contributed by atoms with E-state index < -0.39 is 0 Å². The maximum atomic E-state index is 12.1. The van der Waals surface area contributed by atoms with E-state index in [1.165, 1.54) is 0 Å². The van der Waals surface area contributed by atoms with Gasteiger partial charge in [-0.2, -0.15) is 0 Å². The molecule has 138 valence electrons. The summed E-state index contributed by atoms with van der Waals surface area (Å²) in [5.74, 6) is -0.459. The first-order valence-electron chi connectivity index (χ1n) is 8.90. The highest BCUT2D eigenvalue weighted by molar-refractivity contribution is 6.30. The van der Waals surface area contributed by atoms with E-state index in [-0.39, 0.29) is 18.3 Å². The number of anilines is 1. The molecule has 26 heavy (non-hydrogen) atoms. The lowest BCUT2D eigenvalue weighted by atomic mass is 10.1. The fourth-order valence-electron chi connectivity index (χ4n) is 2.46. The van der Waals surface area contributed by atoms with Crippen LogP contribution in [0.5, 0.6) is 0 Å². The quantitative estimate of drug-likeness (QED) is 0.482. The standard InChI is InChI=1S/C21H24ClNO3/c1-2-3-4-5-14-26-21(25)17-8-12-19(13-9-17)23-20(24)15-16-6-10-18(22)11-7-16/h6-13H,2-5,14-15H2,1H3,(H,23,24). The number of esters is 1. The summed E-state index contributed by atoms with van der Waals surface area (Å²) in [7, 11) is 0. The molecule has 2 aromatic carbocycles. The second-order valence-electron chi connectivity index (χ2n) is 6.13. The zero-order chi connectivity index (χ0) is 18.8. The highest BCUT2D eigenvalue weighted by Gasteiger charge is 2.08. The Kier molecular flexibility index (Phi) is 8.16. The molecule has 0 unspecified atom stereocenters. The normalized spacial score (nSPS) is 10.4. The molecule has 0 radical (unpaired) electrons. The number of unbranched alkanes of at least 4 members (excludes halogenated alkanes) is 3. The number of nitrogens with one attached hydrogen (secondary N) is 1. The zero-order valence-electron chi connectivity index (χ0n) is 15.0. The molecule has 2 aromatic rings.